The number of aryl methyl sites for hydroxylation is 2. The van der Waals surface area contributed by atoms with E-state index in [-0.39, 0.29) is 5.91 Å². The zero-order chi connectivity index (χ0) is 16.6. The lowest BCUT2D eigenvalue weighted by molar-refractivity contribution is -0.113. The van der Waals surface area contributed by atoms with Gasteiger partial charge in [-0.1, -0.05) is 71.5 Å². The highest BCUT2D eigenvalue weighted by Crippen LogP contribution is 2.37. The van der Waals surface area contributed by atoms with Crippen molar-refractivity contribution < 1.29 is 4.79 Å². The van der Waals surface area contributed by atoms with Gasteiger partial charge in [0.1, 0.15) is 0 Å². The van der Waals surface area contributed by atoms with Crippen LogP contribution in [0.4, 0.5) is 5.69 Å². The standard InChI is InChI=1S/C18H14ClNOS2/c1-11-4-3-5-13(8-11)9-16-17(21)20(18(22)23-16)14-7-6-12(2)15(19)10-14/h3-10H,1-2H3/b16-9-. The maximum atomic E-state index is 12.7. The van der Waals surface area contributed by atoms with Crippen LogP contribution in [0.2, 0.25) is 5.02 Å². The Bertz CT molecular complexity index is 845. The molecule has 2 nitrogen and oxygen atoms in total. The van der Waals surface area contributed by atoms with Crippen LogP contribution in [0.3, 0.4) is 0 Å². The zero-order valence-corrected chi connectivity index (χ0v) is 15.1. The van der Waals surface area contributed by atoms with Crippen molar-refractivity contribution in [3.8, 4) is 0 Å². The smallest absolute Gasteiger partial charge is 0.268 e. The molecule has 0 N–H and O–H groups in total. The fourth-order valence-electron chi connectivity index (χ4n) is 2.32. The third-order valence-electron chi connectivity index (χ3n) is 3.55. The lowest BCUT2D eigenvalue weighted by Gasteiger charge is -2.15. The molecule has 1 heterocycles. The molecule has 0 spiro atoms. The minimum atomic E-state index is -0.110. The summed E-state index contributed by atoms with van der Waals surface area (Å²) in [6.07, 6.45) is 1.88. The van der Waals surface area contributed by atoms with Crippen LogP contribution in [-0.4, -0.2) is 10.2 Å². The van der Waals surface area contributed by atoms with E-state index in [4.69, 9.17) is 23.8 Å². The molecule has 0 unspecified atom stereocenters. The molecule has 1 saturated heterocycles. The summed E-state index contributed by atoms with van der Waals surface area (Å²) in [5.74, 6) is -0.110. The Hall–Kier alpha value is -1.62. The molecule has 23 heavy (non-hydrogen) atoms. The summed E-state index contributed by atoms with van der Waals surface area (Å²) >= 11 is 12.9. The van der Waals surface area contributed by atoms with Crippen LogP contribution < -0.4 is 4.90 Å². The molecule has 116 valence electrons. The molecule has 1 amide bonds. The van der Waals surface area contributed by atoms with Crippen molar-refractivity contribution in [2.45, 2.75) is 13.8 Å². The van der Waals surface area contributed by atoms with E-state index >= 15 is 0 Å². The number of nitrogens with zero attached hydrogens (tertiary/aromatic N) is 1. The maximum absolute atomic E-state index is 12.7. The quantitative estimate of drug-likeness (QED) is 0.531. The average molecular weight is 360 g/mol. The second kappa shape index (κ2) is 6.48. The number of amides is 1. The van der Waals surface area contributed by atoms with Gasteiger partial charge in [-0.25, -0.2) is 0 Å². The summed E-state index contributed by atoms with van der Waals surface area (Å²) in [7, 11) is 0. The van der Waals surface area contributed by atoms with Crippen LogP contribution in [0, 0.1) is 13.8 Å². The number of benzene rings is 2. The first-order valence-electron chi connectivity index (χ1n) is 7.06. The maximum Gasteiger partial charge on any atom is 0.270 e. The van der Waals surface area contributed by atoms with Crippen LogP contribution in [0.5, 0.6) is 0 Å². The first kappa shape index (κ1) is 16.2. The van der Waals surface area contributed by atoms with E-state index in [0.29, 0.717) is 19.9 Å². The van der Waals surface area contributed by atoms with E-state index in [2.05, 4.69) is 0 Å². The first-order chi connectivity index (χ1) is 11.0. The Morgan fingerprint density at radius 1 is 1.17 bits per heavy atom. The van der Waals surface area contributed by atoms with Gasteiger partial charge in [0.25, 0.3) is 5.91 Å². The van der Waals surface area contributed by atoms with E-state index < -0.39 is 0 Å². The molecule has 0 bridgehead atoms. The minimum absolute atomic E-state index is 0.110. The normalized spacial score (nSPS) is 16.5. The van der Waals surface area contributed by atoms with Crippen LogP contribution in [0.15, 0.2) is 47.4 Å². The number of hydrogen-bond acceptors (Lipinski definition) is 3. The van der Waals surface area contributed by atoms with Gasteiger partial charge in [-0.3, -0.25) is 9.69 Å². The summed E-state index contributed by atoms with van der Waals surface area (Å²) in [5, 5.41) is 0.624. The van der Waals surface area contributed by atoms with Crippen molar-refractivity contribution in [1.29, 1.82) is 0 Å². The monoisotopic (exact) mass is 359 g/mol. The van der Waals surface area contributed by atoms with E-state index in [1.165, 1.54) is 16.7 Å². The van der Waals surface area contributed by atoms with Gasteiger partial charge in [0, 0.05) is 5.02 Å². The highest BCUT2D eigenvalue weighted by Gasteiger charge is 2.33. The predicted molar refractivity (Wildman–Crippen MR) is 103 cm³/mol. The van der Waals surface area contributed by atoms with Crippen molar-refractivity contribution >= 4 is 57.6 Å². The number of hydrogen-bond donors (Lipinski definition) is 0. The SMILES string of the molecule is Cc1cccc(/C=C2\SC(=S)N(c3ccc(C)c(Cl)c3)C2=O)c1. The summed E-state index contributed by atoms with van der Waals surface area (Å²) in [6, 6.07) is 13.5. The molecule has 0 atom stereocenters. The van der Waals surface area contributed by atoms with Gasteiger partial charge in [-0.15, -0.1) is 0 Å². The average Bonchev–Trinajstić information content (AvgIpc) is 2.77. The second-order valence-corrected chi connectivity index (χ2v) is 7.45. The van der Waals surface area contributed by atoms with Gasteiger partial charge in [0.05, 0.1) is 10.6 Å². The van der Waals surface area contributed by atoms with Crippen molar-refractivity contribution in [2.24, 2.45) is 0 Å². The minimum Gasteiger partial charge on any atom is -0.268 e. The van der Waals surface area contributed by atoms with Crippen LogP contribution in [-0.2, 0) is 4.79 Å². The lowest BCUT2D eigenvalue weighted by atomic mass is 10.1. The number of rotatable bonds is 2. The fraction of sp³-hybridized carbons (Fsp3) is 0.111. The molecule has 2 aromatic carbocycles. The topological polar surface area (TPSA) is 20.3 Å². The Kier molecular flexibility index (Phi) is 4.57. The molecular weight excluding hydrogens is 346 g/mol. The molecule has 2 aromatic rings. The van der Waals surface area contributed by atoms with Gasteiger partial charge in [-0.05, 0) is 43.2 Å². The number of anilines is 1. The van der Waals surface area contributed by atoms with E-state index in [1.807, 2.05) is 56.3 Å². The number of halogens is 1. The summed E-state index contributed by atoms with van der Waals surface area (Å²) in [5.41, 5.74) is 3.82. The summed E-state index contributed by atoms with van der Waals surface area (Å²) in [6.45, 7) is 3.95. The molecule has 0 aromatic heterocycles. The Balaban J connectivity index is 1.95. The van der Waals surface area contributed by atoms with Gasteiger partial charge in [-0.2, -0.15) is 0 Å². The third kappa shape index (κ3) is 3.34. The second-order valence-electron chi connectivity index (χ2n) is 5.36. The Morgan fingerprint density at radius 2 is 1.96 bits per heavy atom. The van der Waals surface area contributed by atoms with Crippen LogP contribution in [0.25, 0.3) is 6.08 Å². The highest BCUT2D eigenvalue weighted by molar-refractivity contribution is 8.27. The van der Waals surface area contributed by atoms with Crippen LogP contribution >= 0.6 is 35.6 Å². The number of thiocarbonyl (C=S) groups is 1. The van der Waals surface area contributed by atoms with Crippen molar-refractivity contribution in [3.63, 3.8) is 0 Å². The highest BCUT2D eigenvalue weighted by atomic mass is 35.5. The molecule has 1 aliphatic heterocycles. The van der Waals surface area contributed by atoms with Gasteiger partial charge in [0.2, 0.25) is 0 Å². The predicted octanol–water partition coefficient (Wildman–Crippen LogP) is 5.36. The van der Waals surface area contributed by atoms with Crippen molar-refractivity contribution in [1.82, 2.24) is 0 Å². The molecular formula is C18H14ClNOS2. The van der Waals surface area contributed by atoms with Crippen LogP contribution in [0.1, 0.15) is 16.7 Å². The molecule has 1 aliphatic rings. The van der Waals surface area contributed by atoms with E-state index in [9.17, 15) is 4.79 Å². The lowest BCUT2D eigenvalue weighted by Crippen LogP contribution is -2.27. The van der Waals surface area contributed by atoms with Crippen molar-refractivity contribution in [3.05, 3.63) is 69.1 Å². The number of carbonyl (C=O) groups is 1. The van der Waals surface area contributed by atoms with E-state index in [0.717, 1.165) is 16.7 Å². The van der Waals surface area contributed by atoms with Gasteiger partial charge in [0.15, 0.2) is 4.32 Å². The number of thioether (sulfide) groups is 1. The first-order valence-corrected chi connectivity index (χ1v) is 8.67. The molecule has 0 saturated carbocycles. The molecule has 5 heteroatoms. The fourth-order valence-corrected chi connectivity index (χ4v) is 3.80. The zero-order valence-electron chi connectivity index (χ0n) is 12.7. The summed E-state index contributed by atoms with van der Waals surface area (Å²) in [4.78, 5) is 14.9. The summed E-state index contributed by atoms with van der Waals surface area (Å²) < 4.78 is 0.522. The Labute approximate surface area is 150 Å². The van der Waals surface area contributed by atoms with Gasteiger partial charge < -0.3 is 0 Å². The third-order valence-corrected chi connectivity index (χ3v) is 5.26. The van der Waals surface area contributed by atoms with Gasteiger partial charge >= 0.3 is 0 Å². The Morgan fingerprint density at radius 3 is 2.65 bits per heavy atom. The van der Waals surface area contributed by atoms with Crippen molar-refractivity contribution in [2.75, 3.05) is 4.90 Å². The molecule has 3 rings (SSSR count). The molecule has 0 aliphatic carbocycles. The molecule has 0 radical (unpaired) electrons. The number of carbonyl (C=O) groups excluding carboxylic acids is 1. The van der Waals surface area contributed by atoms with E-state index in [1.54, 1.807) is 6.07 Å². The molecule has 1 fully saturated rings. The largest absolute Gasteiger partial charge is 0.270 e.